The second-order valence-corrected chi connectivity index (χ2v) is 8.05. The summed E-state index contributed by atoms with van der Waals surface area (Å²) in [4.78, 5) is 12.4. The molecule has 0 atom stereocenters. The molecule has 1 aromatic carbocycles. The number of nitrogens with two attached hydrogens (primary N) is 1. The molecule has 10 nitrogen and oxygen atoms in total. The first-order chi connectivity index (χ1) is 14.8. The van der Waals surface area contributed by atoms with Crippen molar-refractivity contribution in [3.8, 4) is 23.1 Å². The number of anilines is 1. The predicted molar refractivity (Wildman–Crippen MR) is 114 cm³/mol. The van der Waals surface area contributed by atoms with Crippen LogP contribution < -0.4 is 24.7 Å². The molecule has 0 saturated heterocycles. The minimum absolute atomic E-state index is 0.0285. The third-order valence-corrected chi connectivity index (χ3v) is 5.23. The lowest BCUT2D eigenvalue weighted by Gasteiger charge is -2.17. The van der Waals surface area contributed by atoms with Gasteiger partial charge >= 0.3 is 0 Å². The van der Waals surface area contributed by atoms with E-state index < -0.39 is 10.0 Å². The summed E-state index contributed by atoms with van der Waals surface area (Å²) in [5.41, 5.74) is 6.37. The molecule has 0 radical (unpaired) electrons. The summed E-state index contributed by atoms with van der Waals surface area (Å²) >= 11 is 0. The first kappa shape index (κ1) is 22.2. The van der Waals surface area contributed by atoms with Gasteiger partial charge in [-0.2, -0.15) is 13.4 Å². The van der Waals surface area contributed by atoms with E-state index >= 15 is 0 Å². The van der Waals surface area contributed by atoms with Crippen molar-refractivity contribution >= 4 is 15.8 Å². The number of sulfonamides is 1. The molecule has 3 aromatic rings. The van der Waals surface area contributed by atoms with Crippen molar-refractivity contribution in [1.29, 1.82) is 0 Å². The van der Waals surface area contributed by atoms with Gasteiger partial charge in [0.25, 0.3) is 15.9 Å². The lowest BCUT2D eigenvalue weighted by molar-refractivity contribution is 0.294. The fourth-order valence-corrected chi connectivity index (χ4v) is 3.49. The molecular weight excluding hydrogens is 422 g/mol. The Morgan fingerprint density at radius 2 is 1.81 bits per heavy atom. The molecule has 164 valence electrons. The van der Waals surface area contributed by atoms with Gasteiger partial charge in [-0.05, 0) is 37.6 Å². The zero-order valence-corrected chi connectivity index (χ0v) is 18.1. The average molecular weight is 446 g/mol. The molecule has 0 aliphatic heterocycles. The third-order valence-electron chi connectivity index (χ3n) is 3.97. The van der Waals surface area contributed by atoms with Crippen molar-refractivity contribution in [2.45, 2.75) is 18.9 Å². The SMILES string of the molecule is COc1ccccc1Oc1c(NS(=O)(=O)c2ccc(C)cn2)nc(C)nc1OCCN. The largest absolute Gasteiger partial charge is 0.493 e. The Labute approximate surface area is 180 Å². The number of benzene rings is 1. The molecule has 0 fully saturated rings. The zero-order valence-electron chi connectivity index (χ0n) is 17.3. The first-order valence-corrected chi connectivity index (χ1v) is 10.8. The number of ether oxygens (including phenoxy) is 3. The van der Waals surface area contributed by atoms with Gasteiger partial charge < -0.3 is 19.9 Å². The highest BCUT2D eigenvalue weighted by atomic mass is 32.2. The van der Waals surface area contributed by atoms with E-state index in [1.165, 1.54) is 19.4 Å². The van der Waals surface area contributed by atoms with Gasteiger partial charge in [0.15, 0.2) is 22.3 Å². The molecule has 0 amide bonds. The molecular formula is C20H23N5O5S. The Morgan fingerprint density at radius 3 is 2.45 bits per heavy atom. The van der Waals surface area contributed by atoms with Crippen molar-refractivity contribution in [2.24, 2.45) is 5.73 Å². The minimum Gasteiger partial charge on any atom is -0.493 e. The third kappa shape index (κ3) is 5.38. The normalized spacial score (nSPS) is 11.1. The van der Waals surface area contributed by atoms with Gasteiger partial charge in [-0.1, -0.05) is 18.2 Å². The summed E-state index contributed by atoms with van der Waals surface area (Å²) in [6, 6.07) is 9.92. The molecule has 0 bridgehead atoms. The van der Waals surface area contributed by atoms with Crippen LogP contribution in [0.2, 0.25) is 0 Å². The lowest BCUT2D eigenvalue weighted by atomic mass is 10.3. The number of methoxy groups -OCH3 is 1. The Bertz CT molecular complexity index is 1150. The quantitative estimate of drug-likeness (QED) is 0.508. The standard InChI is InChI=1S/C20H23N5O5S/c1-13-8-9-17(22-12-13)31(26,27)25-19-18(20(29-11-10-21)24-14(2)23-19)30-16-7-5-4-6-15(16)28-3/h4-9,12H,10-11,21H2,1-3H3,(H,23,24,25). The van der Waals surface area contributed by atoms with Gasteiger partial charge in [-0.3, -0.25) is 4.72 Å². The Kier molecular flexibility index (Phi) is 6.88. The summed E-state index contributed by atoms with van der Waals surface area (Å²) in [6.07, 6.45) is 1.46. The summed E-state index contributed by atoms with van der Waals surface area (Å²) in [7, 11) is -2.57. The van der Waals surface area contributed by atoms with Crippen LogP contribution in [0, 0.1) is 13.8 Å². The van der Waals surface area contributed by atoms with Gasteiger partial charge in [0.2, 0.25) is 5.75 Å². The maximum atomic E-state index is 12.9. The molecule has 31 heavy (non-hydrogen) atoms. The Balaban J connectivity index is 2.07. The summed E-state index contributed by atoms with van der Waals surface area (Å²) in [6.45, 7) is 3.78. The van der Waals surface area contributed by atoms with E-state index in [1.54, 1.807) is 37.3 Å². The van der Waals surface area contributed by atoms with Crippen LogP contribution in [0.1, 0.15) is 11.4 Å². The number of nitrogens with zero attached hydrogens (tertiary/aromatic N) is 3. The van der Waals surface area contributed by atoms with E-state index in [0.717, 1.165) is 5.56 Å². The van der Waals surface area contributed by atoms with Crippen molar-refractivity contribution in [2.75, 3.05) is 25.0 Å². The number of aromatic nitrogens is 3. The number of pyridine rings is 1. The maximum absolute atomic E-state index is 12.9. The van der Waals surface area contributed by atoms with Crippen molar-refractivity contribution in [1.82, 2.24) is 15.0 Å². The molecule has 0 saturated carbocycles. The van der Waals surface area contributed by atoms with Crippen molar-refractivity contribution in [3.63, 3.8) is 0 Å². The van der Waals surface area contributed by atoms with Crippen LogP contribution in [-0.2, 0) is 10.0 Å². The van der Waals surface area contributed by atoms with Crippen LogP contribution in [0.4, 0.5) is 5.82 Å². The summed E-state index contributed by atoms with van der Waals surface area (Å²) in [5, 5.41) is -0.165. The van der Waals surface area contributed by atoms with Gasteiger partial charge in [-0.25, -0.2) is 9.97 Å². The van der Waals surface area contributed by atoms with E-state index in [0.29, 0.717) is 11.5 Å². The number of nitrogens with one attached hydrogen (secondary N) is 1. The molecule has 11 heteroatoms. The second-order valence-electron chi connectivity index (χ2n) is 6.42. The molecule has 0 unspecified atom stereocenters. The predicted octanol–water partition coefficient (Wildman–Crippen LogP) is 2.43. The monoisotopic (exact) mass is 445 g/mol. The Hall–Kier alpha value is -3.44. The highest BCUT2D eigenvalue weighted by molar-refractivity contribution is 7.92. The van der Waals surface area contributed by atoms with Gasteiger partial charge in [0, 0.05) is 12.7 Å². The first-order valence-electron chi connectivity index (χ1n) is 9.32. The molecule has 0 spiro atoms. The van der Waals surface area contributed by atoms with Crippen LogP contribution in [-0.4, -0.2) is 43.6 Å². The van der Waals surface area contributed by atoms with Crippen LogP contribution >= 0.6 is 0 Å². The van der Waals surface area contributed by atoms with Crippen LogP contribution in [0.15, 0.2) is 47.6 Å². The van der Waals surface area contributed by atoms with E-state index in [4.69, 9.17) is 19.9 Å². The molecule has 0 aliphatic carbocycles. The van der Waals surface area contributed by atoms with E-state index in [2.05, 4.69) is 19.7 Å². The highest BCUT2D eigenvalue weighted by Gasteiger charge is 2.24. The summed E-state index contributed by atoms with van der Waals surface area (Å²) < 4.78 is 45.1. The molecule has 3 rings (SSSR count). The molecule has 3 N–H and O–H groups in total. The van der Waals surface area contributed by atoms with Gasteiger partial charge in [0.05, 0.1) is 7.11 Å². The molecule has 0 aliphatic rings. The van der Waals surface area contributed by atoms with Crippen molar-refractivity contribution < 1.29 is 22.6 Å². The maximum Gasteiger partial charge on any atom is 0.280 e. The molecule has 2 aromatic heterocycles. The highest BCUT2D eigenvalue weighted by Crippen LogP contribution is 2.40. The van der Waals surface area contributed by atoms with E-state index in [-0.39, 0.29) is 41.4 Å². The topological polar surface area (TPSA) is 139 Å². The zero-order chi connectivity index (χ0) is 22.4. The van der Waals surface area contributed by atoms with Crippen LogP contribution in [0.25, 0.3) is 0 Å². The Morgan fingerprint density at radius 1 is 1.06 bits per heavy atom. The van der Waals surface area contributed by atoms with Crippen molar-refractivity contribution in [3.05, 3.63) is 54.0 Å². The summed E-state index contributed by atoms with van der Waals surface area (Å²) in [5.74, 6) is 0.935. The van der Waals surface area contributed by atoms with Crippen LogP contribution in [0.5, 0.6) is 23.1 Å². The second kappa shape index (κ2) is 9.58. The minimum atomic E-state index is -4.06. The number of para-hydroxylation sites is 2. The fourth-order valence-electron chi connectivity index (χ4n) is 2.56. The fraction of sp³-hybridized carbons (Fsp3) is 0.250. The lowest BCUT2D eigenvalue weighted by Crippen LogP contribution is -2.18. The average Bonchev–Trinajstić information content (AvgIpc) is 2.74. The van der Waals surface area contributed by atoms with Gasteiger partial charge in [-0.15, -0.1) is 0 Å². The number of aryl methyl sites for hydroxylation is 2. The molecule has 2 heterocycles. The van der Waals surface area contributed by atoms with E-state index in [1.807, 2.05) is 6.92 Å². The smallest absolute Gasteiger partial charge is 0.280 e. The van der Waals surface area contributed by atoms with E-state index in [9.17, 15) is 8.42 Å². The van der Waals surface area contributed by atoms with Gasteiger partial charge in [0.1, 0.15) is 12.4 Å². The number of hydrogen-bond donors (Lipinski definition) is 2. The number of hydrogen-bond acceptors (Lipinski definition) is 9. The van der Waals surface area contributed by atoms with Crippen LogP contribution in [0.3, 0.4) is 0 Å². The number of rotatable bonds is 9.